The molecule has 9 heteroatoms. The number of nitrogens with zero attached hydrogens (tertiary/aromatic N) is 3. The maximum atomic E-state index is 12.8. The van der Waals surface area contributed by atoms with E-state index in [0.29, 0.717) is 49.4 Å². The van der Waals surface area contributed by atoms with Crippen molar-refractivity contribution < 1.29 is 12.8 Å². The predicted molar refractivity (Wildman–Crippen MR) is 112 cm³/mol. The van der Waals surface area contributed by atoms with Gasteiger partial charge in [-0.3, -0.25) is 4.90 Å². The van der Waals surface area contributed by atoms with E-state index in [1.165, 1.54) is 10.4 Å². The number of hydrogen-bond donors (Lipinski definition) is 0. The Morgan fingerprint density at radius 3 is 2.34 bits per heavy atom. The first-order valence-corrected chi connectivity index (χ1v) is 11.3. The summed E-state index contributed by atoms with van der Waals surface area (Å²) in [6, 6.07) is 13.9. The molecule has 1 aliphatic heterocycles. The van der Waals surface area contributed by atoms with Crippen molar-refractivity contribution in [3.8, 4) is 11.3 Å². The van der Waals surface area contributed by atoms with Gasteiger partial charge >= 0.3 is 0 Å². The third kappa shape index (κ3) is 4.49. The van der Waals surface area contributed by atoms with Gasteiger partial charge in [0.15, 0.2) is 5.76 Å². The Bertz CT molecular complexity index is 1090. The van der Waals surface area contributed by atoms with Crippen LogP contribution in [0.4, 0.5) is 0 Å². The van der Waals surface area contributed by atoms with Crippen molar-refractivity contribution >= 4 is 33.2 Å². The molecule has 0 unspecified atom stereocenters. The lowest BCUT2D eigenvalue weighted by molar-refractivity contribution is 0.169. The number of aromatic nitrogens is 1. The van der Waals surface area contributed by atoms with Crippen LogP contribution in [0.15, 0.2) is 64.0 Å². The largest absolute Gasteiger partial charge is 0.439 e. The molecule has 1 aromatic heterocycles. The SMILES string of the molecule is O=S(=O)(c1ccccc1Cl)N1CCN(Cc2ncc(-c3ccc(Cl)cc3)o2)CC1. The van der Waals surface area contributed by atoms with Gasteiger partial charge in [-0.2, -0.15) is 4.31 Å². The van der Waals surface area contributed by atoms with E-state index in [4.69, 9.17) is 27.6 Å². The molecule has 1 aliphatic rings. The quantitative estimate of drug-likeness (QED) is 0.582. The van der Waals surface area contributed by atoms with Crippen LogP contribution in [-0.4, -0.2) is 48.8 Å². The van der Waals surface area contributed by atoms with Crippen LogP contribution in [0.25, 0.3) is 11.3 Å². The van der Waals surface area contributed by atoms with Gasteiger partial charge in [-0.15, -0.1) is 0 Å². The molecule has 152 valence electrons. The van der Waals surface area contributed by atoms with Crippen LogP contribution < -0.4 is 0 Å². The molecule has 29 heavy (non-hydrogen) atoms. The predicted octanol–water partition coefficient (Wildman–Crippen LogP) is 4.15. The van der Waals surface area contributed by atoms with Crippen molar-refractivity contribution in [2.75, 3.05) is 26.2 Å². The molecule has 0 atom stereocenters. The van der Waals surface area contributed by atoms with Crippen molar-refractivity contribution in [3.05, 3.63) is 70.7 Å². The van der Waals surface area contributed by atoms with Crippen LogP contribution >= 0.6 is 23.2 Å². The summed E-state index contributed by atoms with van der Waals surface area (Å²) >= 11 is 12.0. The molecule has 1 saturated heterocycles. The lowest BCUT2D eigenvalue weighted by Crippen LogP contribution is -2.48. The summed E-state index contributed by atoms with van der Waals surface area (Å²) in [5.74, 6) is 1.27. The fourth-order valence-corrected chi connectivity index (χ4v) is 5.28. The summed E-state index contributed by atoms with van der Waals surface area (Å²) in [6.45, 7) is 2.47. The maximum absolute atomic E-state index is 12.8. The standard InChI is InChI=1S/C20H19Cl2N3O3S/c21-16-7-5-15(6-8-16)18-13-23-20(28-18)14-24-9-11-25(12-10-24)29(26,27)19-4-2-1-3-17(19)22/h1-8,13H,9-12,14H2. The minimum absolute atomic E-state index is 0.149. The highest BCUT2D eigenvalue weighted by Gasteiger charge is 2.30. The molecule has 3 aromatic rings. The van der Waals surface area contributed by atoms with E-state index < -0.39 is 10.0 Å². The average Bonchev–Trinajstić information content (AvgIpc) is 3.17. The van der Waals surface area contributed by atoms with Gasteiger partial charge in [-0.1, -0.05) is 35.3 Å². The summed E-state index contributed by atoms with van der Waals surface area (Å²) in [7, 11) is -3.60. The highest BCUT2D eigenvalue weighted by atomic mass is 35.5. The second-order valence-corrected chi connectivity index (χ2v) is 9.49. The van der Waals surface area contributed by atoms with Crippen LogP contribution in [0.5, 0.6) is 0 Å². The second-order valence-electron chi connectivity index (χ2n) is 6.74. The zero-order valence-corrected chi connectivity index (χ0v) is 17.8. The Balaban J connectivity index is 1.38. The van der Waals surface area contributed by atoms with Gasteiger partial charge in [-0.25, -0.2) is 13.4 Å². The third-order valence-electron chi connectivity index (χ3n) is 4.83. The average molecular weight is 452 g/mol. The van der Waals surface area contributed by atoms with Crippen LogP contribution in [-0.2, 0) is 16.6 Å². The molecule has 2 heterocycles. The monoisotopic (exact) mass is 451 g/mol. The molecule has 0 radical (unpaired) electrons. The third-order valence-corrected chi connectivity index (χ3v) is 7.48. The van der Waals surface area contributed by atoms with E-state index in [-0.39, 0.29) is 9.92 Å². The van der Waals surface area contributed by atoms with Gasteiger partial charge in [0, 0.05) is 36.8 Å². The van der Waals surface area contributed by atoms with E-state index in [1.807, 2.05) is 12.1 Å². The summed E-state index contributed by atoms with van der Waals surface area (Å²) < 4.78 is 33.0. The number of oxazole rings is 1. The smallest absolute Gasteiger partial charge is 0.244 e. The molecule has 0 spiro atoms. The summed E-state index contributed by atoms with van der Waals surface area (Å²) in [6.07, 6.45) is 1.69. The first-order valence-electron chi connectivity index (χ1n) is 9.11. The molecule has 0 aliphatic carbocycles. The maximum Gasteiger partial charge on any atom is 0.244 e. The van der Waals surface area contributed by atoms with E-state index in [2.05, 4.69) is 9.88 Å². The molecule has 0 N–H and O–H groups in total. The Labute approximate surface area is 179 Å². The van der Waals surface area contributed by atoms with E-state index in [9.17, 15) is 8.42 Å². The Morgan fingerprint density at radius 2 is 1.66 bits per heavy atom. The van der Waals surface area contributed by atoms with Gasteiger partial charge < -0.3 is 4.42 Å². The van der Waals surface area contributed by atoms with Crippen LogP contribution in [0, 0.1) is 0 Å². The molecule has 2 aromatic carbocycles. The van der Waals surface area contributed by atoms with Crippen LogP contribution in [0.2, 0.25) is 10.0 Å². The number of piperazine rings is 1. The number of rotatable bonds is 5. The first kappa shape index (κ1) is 20.4. The van der Waals surface area contributed by atoms with Gasteiger partial charge in [0.2, 0.25) is 15.9 Å². The topological polar surface area (TPSA) is 66.7 Å². The van der Waals surface area contributed by atoms with Crippen LogP contribution in [0.3, 0.4) is 0 Å². The molecule has 0 amide bonds. The van der Waals surface area contributed by atoms with Gasteiger partial charge in [0.1, 0.15) is 4.90 Å². The zero-order valence-electron chi connectivity index (χ0n) is 15.5. The molecular formula is C20H19Cl2N3O3S. The fourth-order valence-electron chi connectivity index (χ4n) is 3.24. The Kier molecular flexibility index (Phi) is 5.94. The van der Waals surface area contributed by atoms with Crippen molar-refractivity contribution in [1.82, 2.24) is 14.2 Å². The summed E-state index contributed by atoms with van der Waals surface area (Å²) in [5, 5.41) is 0.905. The zero-order chi connectivity index (χ0) is 20.4. The minimum Gasteiger partial charge on any atom is -0.439 e. The van der Waals surface area contributed by atoms with Crippen molar-refractivity contribution in [2.45, 2.75) is 11.4 Å². The number of hydrogen-bond acceptors (Lipinski definition) is 5. The summed E-state index contributed by atoms with van der Waals surface area (Å²) in [5.41, 5.74) is 0.906. The fraction of sp³-hybridized carbons (Fsp3) is 0.250. The van der Waals surface area contributed by atoms with Gasteiger partial charge in [-0.05, 0) is 36.4 Å². The van der Waals surface area contributed by atoms with Crippen molar-refractivity contribution in [2.24, 2.45) is 0 Å². The molecule has 0 saturated carbocycles. The molecule has 4 rings (SSSR count). The lowest BCUT2D eigenvalue weighted by Gasteiger charge is -2.33. The van der Waals surface area contributed by atoms with E-state index in [1.54, 1.807) is 36.5 Å². The molecule has 1 fully saturated rings. The Morgan fingerprint density at radius 1 is 0.966 bits per heavy atom. The van der Waals surface area contributed by atoms with Crippen molar-refractivity contribution in [1.29, 1.82) is 0 Å². The van der Waals surface area contributed by atoms with Crippen LogP contribution in [0.1, 0.15) is 5.89 Å². The van der Waals surface area contributed by atoms with E-state index >= 15 is 0 Å². The normalized spacial score (nSPS) is 16.2. The number of halogens is 2. The van der Waals surface area contributed by atoms with E-state index in [0.717, 1.165) is 5.56 Å². The molecular weight excluding hydrogens is 433 g/mol. The lowest BCUT2D eigenvalue weighted by atomic mass is 10.2. The number of sulfonamides is 1. The number of benzene rings is 2. The first-order chi connectivity index (χ1) is 13.9. The molecule has 0 bridgehead atoms. The minimum atomic E-state index is -3.60. The highest BCUT2D eigenvalue weighted by molar-refractivity contribution is 7.89. The van der Waals surface area contributed by atoms with Gasteiger partial charge in [0.25, 0.3) is 0 Å². The van der Waals surface area contributed by atoms with Gasteiger partial charge in [0.05, 0.1) is 17.8 Å². The second kappa shape index (κ2) is 8.45. The molecule has 6 nitrogen and oxygen atoms in total. The highest BCUT2D eigenvalue weighted by Crippen LogP contribution is 2.26. The summed E-state index contributed by atoms with van der Waals surface area (Å²) in [4.78, 5) is 6.62. The Hall–Kier alpha value is -1.90. The van der Waals surface area contributed by atoms with Crippen molar-refractivity contribution in [3.63, 3.8) is 0 Å².